The Morgan fingerprint density at radius 1 is 1.45 bits per heavy atom. The molecule has 0 radical (unpaired) electrons. The van der Waals surface area contributed by atoms with Gasteiger partial charge in [-0.15, -0.1) is 0 Å². The molecule has 7 heteroatoms. The molecular formula is C13H15N3O4. The van der Waals surface area contributed by atoms with Gasteiger partial charge in [-0.05, 0) is 12.5 Å². The number of aliphatic hydroxyl groups is 1. The first kappa shape index (κ1) is 14.0. The Balaban J connectivity index is 1.90. The predicted octanol–water partition coefficient (Wildman–Crippen LogP) is 1.75. The molecule has 1 aromatic carbocycles. The maximum atomic E-state index is 10.6. The summed E-state index contributed by atoms with van der Waals surface area (Å²) in [5.74, 6) is 0.476. The third kappa shape index (κ3) is 3.55. The maximum Gasteiger partial charge on any atom is 0.270 e. The molecule has 0 spiro atoms. The normalized spacial score (nSPS) is 10.4. The number of nitro benzene ring substituents is 1. The average Bonchev–Trinajstić information content (AvgIpc) is 2.96. The van der Waals surface area contributed by atoms with Crippen LogP contribution in [0.4, 0.5) is 5.69 Å². The molecule has 0 unspecified atom stereocenters. The maximum absolute atomic E-state index is 10.6. The Bertz CT molecular complexity index is 569. The Labute approximate surface area is 115 Å². The number of aromatic nitrogens is 2. The highest BCUT2D eigenvalue weighted by atomic mass is 16.6. The van der Waals surface area contributed by atoms with Crippen LogP contribution in [0.5, 0.6) is 5.75 Å². The Hall–Kier alpha value is -2.41. The van der Waals surface area contributed by atoms with Crippen LogP contribution in [0.25, 0.3) is 0 Å². The average molecular weight is 277 g/mol. The molecule has 0 aliphatic rings. The van der Waals surface area contributed by atoms with Crippen molar-refractivity contribution in [2.24, 2.45) is 0 Å². The molecule has 7 nitrogen and oxygen atoms in total. The lowest BCUT2D eigenvalue weighted by Gasteiger charge is -2.10. The van der Waals surface area contributed by atoms with Gasteiger partial charge in [0.25, 0.3) is 5.69 Å². The summed E-state index contributed by atoms with van der Waals surface area (Å²) in [4.78, 5) is 14.1. The summed E-state index contributed by atoms with van der Waals surface area (Å²) < 4.78 is 7.48. The molecule has 0 fully saturated rings. The minimum Gasteiger partial charge on any atom is -0.493 e. The summed E-state index contributed by atoms with van der Waals surface area (Å²) in [5, 5.41) is 19.9. The van der Waals surface area contributed by atoms with Crippen LogP contribution < -0.4 is 4.74 Å². The third-order valence-corrected chi connectivity index (χ3v) is 2.80. The molecule has 0 atom stereocenters. The minimum atomic E-state index is -0.498. The van der Waals surface area contributed by atoms with Crippen LogP contribution in [0.3, 0.4) is 0 Å². The summed E-state index contributed by atoms with van der Waals surface area (Å²) in [6.45, 7) is 0.947. The van der Waals surface area contributed by atoms with E-state index in [1.807, 2.05) is 10.8 Å². The quantitative estimate of drug-likeness (QED) is 0.473. The molecule has 20 heavy (non-hydrogen) atoms. The largest absolute Gasteiger partial charge is 0.493 e. The first-order valence-corrected chi connectivity index (χ1v) is 6.17. The highest BCUT2D eigenvalue weighted by molar-refractivity contribution is 5.43. The number of aryl methyl sites for hydroxylation is 1. The monoisotopic (exact) mass is 277 g/mol. The zero-order chi connectivity index (χ0) is 14.4. The molecular weight excluding hydrogens is 262 g/mol. The van der Waals surface area contributed by atoms with E-state index in [1.165, 1.54) is 18.2 Å². The van der Waals surface area contributed by atoms with Crippen LogP contribution in [0.1, 0.15) is 12.0 Å². The lowest BCUT2D eigenvalue weighted by Crippen LogP contribution is -2.05. The highest BCUT2D eigenvalue weighted by Crippen LogP contribution is 2.24. The second-order valence-electron chi connectivity index (χ2n) is 4.21. The first-order chi connectivity index (χ1) is 9.70. The van der Waals surface area contributed by atoms with E-state index in [0.717, 1.165) is 13.0 Å². The van der Waals surface area contributed by atoms with E-state index >= 15 is 0 Å². The second-order valence-corrected chi connectivity index (χ2v) is 4.21. The molecule has 106 valence electrons. The summed E-state index contributed by atoms with van der Waals surface area (Å²) in [6, 6.07) is 4.20. The van der Waals surface area contributed by atoms with E-state index in [0.29, 0.717) is 17.9 Å². The summed E-state index contributed by atoms with van der Waals surface area (Å²) in [7, 11) is 0. The number of imidazole rings is 1. The number of aliphatic hydroxyl groups excluding tert-OH is 1. The first-order valence-electron chi connectivity index (χ1n) is 6.17. The number of nitro groups is 1. The lowest BCUT2D eigenvalue weighted by atomic mass is 10.2. The number of benzene rings is 1. The van der Waals surface area contributed by atoms with E-state index in [1.54, 1.807) is 12.5 Å². The van der Waals surface area contributed by atoms with E-state index in [2.05, 4.69) is 4.98 Å². The number of hydrogen-bond donors (Lipinski definition) is 1. The fraction of sp³-hybridized carbons (Fsp3) is 0.308. The molecule has 0 saturated heterocycles. The van der Waals surface area contributed by atoms with Gasteiger partial charge in [-0.25, -0.2) is 4.98 Å². The summed E-state index contributed by atoms with van der Waals surface area (Å²) >= 11 is 0. The van der Waals surface area contributed by atoms with Crippen molar-refractivity contribution in [2.45, 2.75) is 19.6 Å². The number of non-ortho nitro benzene ring substituents is 1. The van der Waals surface area contributed by atoms with Crippen molar-refractivity contribution < 1.29 is 14.8 Å². The van der Waals surface area contributed by atoms with Crippen molar-refractivity contribution in [3.05, 3.63) is 52.6 Å². The van der Waals surface area contributed by atoms with Crippen molar-refractivity contribution in [1.29, 1.82) is 0 Å². The van der Waals surface area contributed by atoms with Gasteiger partial charge in [0.2, 0.25) is 0 Å². The van der Waals surface area contributed by atoms with Gasteiger partial charge in [0.05, 0.1) is 24.5 Å². The molecule has 1 N–H and O–H groups in total. The predicted molar refractivity (Wildman–Crippen MR) is 71.4 cm³/mol. The molecule has 0 amide bonds. The molecule has 0 aliphatic carbocycles. The number of ether oxygens (including phenoxy) is 1. The standard InChI is InChI=1S/C13H15N3O4/c17-9-11-8-12(16(18)19)2-3-13(11)20-7-1-5-15-6-4-14-10-15/h2-4,6,8,10,17H,1,5,7,9H2. The smallest absolute Gasteiger partial charge is 0.270 e. The van der Waals surface area contributed by atoms with Crippen LogP contribution in [0, 0.1) is 10.1 Å². The minimum absolute atomic E-state index is 0.0557. The van der Waals surface area contributed by atoms with E-state index in [9.17, 15) is 15.2 Å². The second kappa shape index (κ2) is 6.67. The molecule has 0 aliphatic heterocycles. The molecule has 1 aromatic heterocycles. The van der Waals surface area contributed by atoms with Crippen LogP contribution in [0.15, 0.2) is 36.9 Å². The Morgan fingerprint density at radius 3 is 2.95 bits per heavy atom. The summed E-state index contributed by atoms with van der Waals surface area (Å²) in [6.07, 6.45) is 6.08. The van der Waals surface area contributed by atoms with Crippen LogP contribution in [-0.2, 0) is 13.2 Å². The molecule has 2 rings (SSSR count). The molecule has 2 aromatic rings. The third-order valence-electron chi connectivity index (χ3n) is 2.80. The van der Waals surface area contributed by atoms with Gasteiger partial charge in [-0.3, -0.25) is 10.1 Å². The van der Waals surface area contributed by atoms with Gasteiger partial charge in [-0.1, -0.05) is 0 Å². The molecule has 0 saturated carbocycles. The molecule has 1 heterocycles. The van der Waals surface area contributed by atoms with Gasteiger partial charge < -0.3 is 14.4 Å². The highest BCUT2D eigenvalue weighted by Gasteiger charge is 2.11. The molecule has 0 bridgehead atoms. The van der Waals surface area contributed by atoms with E-state index < -0.39 is 4.92 Å². The fourth-order valence-electron chi connectivity index (χ4n) is 1.79. The van der Waals surface area contributed by atoms with Gasteiger partial charge in [0, 0.05) is 36.6 Å². The number of hydrogen-bond acceptors (Lipinski definition) is 5. The van der Waals surface area contributed by atoms with Crippen molar-refractivity contribution in [3.63, 3.8) is 0 Å². The zero-order valence-electron chi connectivity index (χ0n) is 10.8. The van der Waals surface area contributed by atoms with Crippen LogP contribution in [0.2, 0.25) is 0 Å². The Morgan fingerprint density at radius 2 is 2.30 bits per heavy atom. The van der Waals surface area contributed by atoms with Crippen LogP contribution >= 0.6 is 0 Å². The van der Waals surface area contributed by atoms with Gasteiger partial charge >= 0.3 is 0 Å². The van der Waals surface area contributed by atoms with Gasteiger partial charge in [-0.2, -0.15) is 0 Å². The van der Waals surface area contributed by atoms with E-state index in [4.69, 9.17) is 4.74 Å². The number of nitrogens with zero attached hydrogens (tertiary/aromatic N) is 3. The lowest BCUT2D eigenvalue weighted by molar-refractivity contribution is -0.385. The van der Waals surface area contributed by atoms with E-state index in [-0.39, 0.29) is 12.3 Å². The topological polar surface area (TPSA) is 90.4 Å². The Kier molecular flexibility index (Phi) is 4.67. The zero-order valence-corrected chi connectivity index (χ0v) is 10.8. The fourth-order valence-corrected chi connectivity index (χ4v) is 1.79. The summed E-state index contributed by atoms with van der Waals surface area (Å²) in [5.41, 5.74) is 0.363. The van der Waals surface area contributed by atoms with Crippen molar-refractivity contribution in [2.75, 3.05) is 6.61 Å². The SMILES string of the molecule is O=[N+]([O-])c1ccc(OCCCn2ccnc2)c(CO)c1. The van der Waals surface area contributed by atoms with Gasteiger partial charge in [0.1, 0.15) is 5.75 Å². The van der Waals surface area contributed by atoms with Crippen molar-refractivity contribution in [3.8, 4) is 5.75 Å². The number of rotatable bonds is 7. The van der Waals surface area contributed by atoms with Crippen molar-refractivity contribution in [1.82, 2.24) is 9.55 Å². The van der Waals surface area contributed by atoms with Crippen molar-refractivity contribution >= 4 is 5.69 Å². The van der Waals surface area contributed by atoms with Gasteiger partial charge in [0.15, 0.2) is 0 Å². The van der Waals surface area contributed by atoms with Crippen LogP contribution in [-0.4, -0.2) is 26.2 Å².